The van der Waals surface area contributed by atoms with E-state index in [9.17, 15) is 18.0 Å². The van der Waals surface area contributed by atoms with Gasteiger partial charge in [-0.2, -0.15) is 13.2 Å². The molecule has 0 aliphatic rings. The lowest BCUT2D eigenvalue weighted by molar-refractivity contribution is -0.137. The Balaban J connectivity index is 1.78. The lowest BCUT2D eigenvalue weighted by Crippen LogP contribution is -2.37. The molecule has 0 radical (unpaired) electrons. The van der Waals surface area contributed by atoms with Crippen molar-refractivity contribution in [2.45, 2.75) is 18.8 Å². The first-order valence-corrected chi connectivity index (χ1v) is 9.66. The van der Waals surface area contributed by atoms with Gasteiger partial charge in [0.05, 0.1) is 28.4 Å². The quantitative estimate of drug-likeness (QED) is 0.362. The largest absolute Gasteiger partial charge is 0.417 e. The SMILES string of the molecule is CC(F)(CNC(=O)c1ccccc1C(F)(F)F)c1ncc(-c2ccc(Cl)nc2)cc1Cl. The molecule has 1 unspecified atom stereocenters. The number of carbonyl (C=O) groups is 1. The number of rotatable bonds is 5. The van der Waals surface area contributed by atoms with E-state index < -0.39 is 35.4 Å². The van der Waals surface area contributed by atoms with Gasteiger partial charge in [-0.15, -0.1) is 0 Å². The molecule has 1 atom stereocenters. The zero-order chi connectivity index (χ0) is 22.8. The molecule has 0 aliphatic carbocycles. The van der Waals surface area contributed by atoms with Crippen molar-refractivity contribution in [1.29, 1.82) is 0 Å². The summed E-state index contributed by atoms with van der Waals surface area (Å²) in [5.41, 5.74) is -2.89. The van der Waals surface area contributed by atoms with Gasteiger partial charge >= 0.3 is 6.18 Å². The monoisotopic (exact) mass is 471 g/mol. The van der Waals surface area contributed by atoms with Crippen molar-refractivity contribution in [2.75, 3.05) is 6.54 Å². The minimum atomic E-state index is -4.72. The van der Waals surface area contributed by atoms with Gasteiger partial charge in [0.1, 0.15) is 5.15 Å². The topological polar surface area (TPSA) is 54.9 Å². The Morgan fingerprint density at radius 1 is 1.00 bits per heavy atom. The molecule has 1 amide bonds. The minimum absolute atomic E-state index is 0.0117. The van der Waals surface area contributed by atoms with Crippen LogP contribution in [0, 0.1) is 0 Å². The number of nitrogens with one attached hydrogen (secondary N) is 1. The number of halogens is 6. The average molecular weight is 472 g/mol. The maximum absolute atomic E-state index is 15.3. The Hall–Kier alpha value is -2.71. The van der Waals surface area contributed by atoms with Gasteiger partial charge in [0.25, 0.3) is 5.91 Å². The van der Waals surface area contributed by atoms with E-state index in [1.165, 1.54) is 30.6 Å². The summed E-state index contributed by atoms with van der Waals surface area (Å²) in [4.78, 5) is 20.3. The molecule has 1 aromatic carbocycles. The molecule has 162 valence electrons. The maximum Gasteiger partial charge on any atom is 0.417 e. The molecule has 0 spiro atoms. The third-order valence-corrected chi connectivity index (χ3v) is 4.97. The number of hydrogen-bond donors (Lipinski definition) is 1. The molecule has 0 aliphatic heterocycles. The average Bonchev–Trinajstić information content (AvgIpc) is 2.71. The van der Waals surface area contributed by atoms with Crippen molar-refractivity contribution in [3.05, 3.63) is 81.9 Å². The Kier molecular flexibility index (Phi) is 6.52. The van der Waals surface area contributed by atoms with Crippen LogP contribution < -0.4 is 5.32 Å². The third kappa shape index (κ3) is 5.32. The van der Waals surface area contributed by atoms with E-state index in [2.05, 4.69) is 15.3 Å². The molecule has 3 aromatic rings. The van der Waals surface area contributed by atoms with Crippen LogP contribution in [0.4, 0.5) is 17.6 Å². The van der Waals surface area contributed by atoms with E-state index >= 15 is 4.39 Å². The van der Waals surface area contributed by atoms with Gasteiger partial charge < -0.3 is 5.32 Å². The molecule has 4 nitrogen and oxygen atoms in total. The number of hydrogen-bond acceptors (Lipinski definition) is 3. The molecule has 0 fully saturated rings. The van der Waals surface area contributed by atoms with Crippen molar-refractivity contribution in [2.24, 2.45) is 0 Å². The van der Waals surface area contributed by atoms with Crippen LogP contribution in [-0.4, -0.2) is 22.4 Å². The van der Waals surface area contributed by atoms with Crippen molar-refractivity contribution in [1.82, 2.24) is 15.3 Å². The molecule has 31 heavy (non-hydrogen) atoms. The van der Waals surface area contributed by atoms with Crippen LogP contribution in [0.3, 0.4) is 0 Å². The predicted octanol–water partition coefficient (Wildman–Crippen LogP) is 6.08. The second-order valence-corrected chi connectivity index (χ2v) is 7.64. The van der Waals surface area contributed by atoms with Gasteiger partial charge in [-0.1, -0.05) is 35.3 Å². The highest BCUT2D eigenvalue weighted by atomic mass is 35.5. The first-order valence-electron chi connectivity index (χ1n) is 8.90. The lowest BCUT2D eigenvalue weighted by Gasteiger charge is -2.22. The number of nitrogens with zero attached hydrogens (tertiary/aromatic N) is 2. The second-order valence-electron chi connectivity index (χ2n) is 6.85. The van der Waals surface area contributed by atoms with Crippen molar-refractivity contribution >= 4 is 29.1 Å². The lowest BCUT2D eigenvalue weighted by atomic mass is 10.0. The summed E-state index contributed by atoms with van der Waals surface area (Å²) in [7, 11) is 0. The van der Waals surface area contributed by atoms with Gasteiger partial charge in [-0.05, 0) is 37.3 Å². The molecule has 0 saturated heterocycles. The van der Waals surface area contributed by atoms with E-state index in [0.717, 1.165) is 19.1 Å². The van der Waals surface area contributed by atoms with Gasteiger partial charge in [-0.3, -0.25) is 9.78 Å². The standard InChI is InChI=1S/C21H15Cl2F4N3O/c1-20(24,11-30-19(31)14-4-2-3-5-15(14)21(25,26)27)18-16(22)8-13(10-29-18)12-6-7-17(23)28-9-12/h2-10H,11H2,1H3,(H,30,31). The normalized spacial score (nSPS) is 13.5. The number of amides is 1. The van der Waals surface area contributed by atoms with Crippen LogP contribution in [0.2, 0.25) is 10.2 Å². The van der Waals surface area contributed by atoms with E-state index in [-0.39, 0.29) is 10.7 Å². The summed E-state index contributed by atoms with van der Waals surface area (Å²) >= 11 is 12.0. The zero-order valence-electron chi connectivity index (χ0n) is 16.0. The Morgan fingerprint density at radius 2 is 1.68 bits per heavy atom. The van der Waals surface area contributed by atoms with Crippen LogP contribution in [0.1, 0.15) is 28.5 Å². The fraction of sp³-hybridized carbons (Fsp3) is 0.190. The molecule has 0 bridgehead atoms. The number of pyridine rings is 2. The van der Waals surface area contributed by atoms with Crippen molar-refractivity contribution < 1.29 is 22.4 Å². The Labute approximate surface area is 185 Å². The molecule has 10 heteroatoms. The fourth-order valence-corrected chi connectivity index (χ4v) is 3.35. The Bertz CT molecular complexity index is 1100. The van der Waals surface area contributed by atoms with Gasteiger partial charge in [0.2, 0.25) is 0 Å². The van der Waals surface area contributed by atoms with Crippen LogP contribution in [0.15, 0.2) is 54.9 Å². The molecular formula is C21H15Cl2F4N3O. The smallest absolute Gasteiger partial charge is 0.348 e. The molecular weight excluding hydrogens is 457 g/mol. The third-order valence-electron chi connectivity index (χ3n) is 4.45. The van der Waals surface area contributed by atoms with E-state index in [1.807, 2.05) is 0 Å². The summed E-state index contributed by atoms with van der Waals surface area (Å²) in [6.07, 6.45) is -1.84. The zero-order valence-corrected chi connectivity index (χ0v) is 17.5. The summed E-state index contributed by atoms with van der Waals surface area (Å²) < 4.78 is 54.6. The van der Waals surface area contributed by atoms with E-state index in [0.29, 0.717) is 16.3 Å². The van der Waals surface area contributed by atoms with Crippen LogP contribution in [0.5, 0.6) is 0 Å². The molecule has 0 saturated carbocycles. The minimum Gasteiger partial charge on any atom is -0.348 e. The second kappa shape index (κ2) is 8.80. The summed E-state index contributed by atoms with van der Waals surface area (Å²) in [6.45, 7) is 0.493. The summed E-state index contributed by atoms with van der Waals surface area (Å²) in [5.74, 6) is -1.06. The van der Waals surface area contributed by atoms with Crippen LogP contribution in [-0.2, 0) is 11.8 Å². The Morgan fingerprint density at radius 3 is 2.29 bits per heavy atom. The van der Waals surface area contributed by atoms with Crippen LogP contribution >= 0.6 is 23.2 Å². The molecule has 2 heterocycles. The highest BCUT2D eigenvalue weighted by Gasteiger charge is 2.36. The maximum atomic E-state index is 15.3. The predicted molar refractivity (Wildman–Crippen MR) is 110 cm³/mol. The summed E-state index contributed by atoms with van der Waals surface area (Å²) in [6, 6.07) is 9.01. The molecule has 1 N–H and O–H groups in total. The fourth-order valence-electron chi connectivity index (χ4n) is 2.88. The number of aromatic nitrogens is 2. The first kappa shape index (κ1) is 23.0. The van der Waals surface area contributed by atoms with E-state index in [4.69, 9.17) is 23.2 Å². The van der Waals surface area contributed by atoms with Crippen molar-refractivity contribution in [3.8, 4) is 11.1 Å². The first-order chi connectivity index (χ1) is 14.5. The highest BCUT2D eigenvalue weighted by molar-refractivity contribution is 6.31. The van der Waals surface area contributed by atoms with Crippen molar-refractivity contribution in [3.63, 3.8) is 0 Å². The molecule has 3 rings (SSSR count). The van der Waals surface area contributed by atoms with Crippen LogP contribution in [0.25, 0.3) is 11.1 Å². The van der Waals surface area contributed by atoms with E-state index in [1.54, 1.807) is 12.1 Å². The van der Waals surface area contributed by atoms with Gasteiger partial charge in [0.15, 0.2) is 5.67 Å². The number of carbonyl (C=O) groups excluding carboxylic acids is 1. The number of alkyl halides is 4. The summed E-state index contributed by atoms with van der Waals surface area (Å²) in [5, 5.41) is 2.49. The van der Waals surface area contributed by atoms with Gasteiger partial charge in [0, 0.05) is 23.5 Å². The highest BCUT2D eigenvalue weighted by Crippen LogP contribution is 2.34. The van der Waals surface area contributed by atoms with Gasteiger partial charge in [-0.25, -0.2) is 9.37 Å². The number of benzene rings is 1. The molecule has 2 aromatic heterocycles.